The van der Waals surface area contributed by atoms with E-state index in [0.29, 0.717) is 41.4 Å². The predicted molar refractivity (Wildman–Crippen MR) is 120 cm³/mol. The molecule has 1 N–H and O–H groups in total. The molecule has 5 heterocycles. The van der Waals surface area contributed by atoms with E-state index in [1.165, 1.54) is 4.40 Å². The fourth-order valence-electron chi connectivity index (χ4n) is 4.35. The Kier molecular flexibility index (Phi) is 4.92. The van der Waals surface area contributed by atoms with E-state index in [4.69, 9.17) is 14.8 Å². The summed E-state index contributed by atoms with van der Waals surface area (Å²) >= 11 is 0. The van der Waals surface area contributed by atoms with Crippen LogP contribution in [0.2, 0.25) is 0 Å². The maximum atomic E-state index is 13.4. The number of nitrogens with one attached hydrogen (secondary N) is 1. The van der Waals surface area contributed by atoms with Crippen LogP contribution >= 0.6 is 0 Å². The lowest BCUT2D eigenvalue weighted by Crippen LogP contribution is -2.41. The number of aromatic nitrogens is 3. The van der Waals surface area contributed by atoms with Crippen LogP contribution in [0.4, 0.5) is 0 Å². The molecule has 0 aliphatic carbocycles. The van der Waals surface area contributed by atoms with Crippen LogP contribution in [-0.2, 0) is 6.54 Å². The standard InChI is InChI=1S/C24H25N5O3/c1-15-7-10-27(11-8-15)23(30)18-13-19-22(29(20(18)25)14-17-6-4-12-32-17)26-21-16(2)5-3-9-28(21)24(19)31/h3-6,9,12-13,15,25H,7-8,10-11,14H2,1-2H3. The molecule has 0 atom stereocenters. The second-order valence-electron chi connectivity index (χ2n) is 8.59. The first kappa shape index (κ1) is 20.2. The molecule has 4 aromatic heterocycles. The van der Waals surface area contributed by atoms with Crippen LogP contribution < -0.4 is 11.0 Å². The first-order valence-corrected chi connectivity index (χ1v) is 10.9. The Morgan fingerprint density at radius 3 is 2.72 bits per heavy atom. The number of nitrogens with zero attached hydrogens (tertiary/aromatic N) is 4. The number of hydrogen-bond acceptors (Lipinski definition) is 5. The minimum Gasteiger partial charge on any atom is -0.467 e. The third-order valence-corrected chi connectivity index (χ3v) is 6.33. The van der Waals surface area contributed by atoms with Gasteiger partial charge in [0.15, 0.2) is 0 Å². The number of piperidine rings is 1. The average Bonchev–Trinajstić information content (AvgIpc) is 3.30. The summed E-state index contributed by atoms with van der Waals surface area (Å²) in [6.07, 6.45) is 5.11. The molecule has 32 heavy (non-hydrogen) atoms. The van der Waals surface area contributed by atoms with Crippen molar-refractivity contribution in [2.75, 3.05) is 13.1 Å². The van der Waals surface area contributed by atoms with E-state index in [1.807, 2.05) is 13.0 Å². The Morgan fingerprint density at radius 2 is 2.00 bits per heavy atom. The van der Waals surface area contributed by atoms with Crippen LogP contribution in [0.5, 0.6) is 0 Å². The predicted octanol–water partition coefficient (Wildman–Crippen LogP) is 2.95. The molecule has 0 bridgehead atoms. The van der Waals surface area contributed by atoms with Gasteiger partial charge in [-0.1, -0.05) is 13.0 Å². The molecule has 0 saturated carbocycles. The van der Waals surface area contributed by atoms with Gasteiger partial charge in [-0.15, -0.1) is 0 Å². The zero-order valence-corrected chi connectivity index (χ0v) is 18.2. The highest BCUT2D eigenvalue weighted by Gasteiger charge is 2.25. The minimum atomic E-state index is -0.261. The minimum absolute atomic E-state index is 0.0300. The summed E-state index contributed by atoms with van der Waals surface area (Å²) in [5.41, 5.74) is 1.73. The highest BCUT2D eigenvalue weighted by atomic mass is 16.3. The molecule has 4 aromatic rings. The third kappa shape index (κ3) is 3.32. The smallest absolute Gasteiger partial charge is 0.267 e. The van der Waals surface area contributed by atoms with Gasteiger partial charge in [0.1, 0.15) is 22.5 Å². The van der Waals surface area contributed by atoms with Gasteiger partial charge in [0.2, 0.25) is 0 Å². The van der Waals surface area contributed by atoms with Crippen LogP contribution in [-0.4, -0.2) is 37.8 Å². The Morgan fingerprint density at radius 1 is 1.22 bits per heavy atom. The van der Waals surface area contributed by atoms with Crippen LogP contribution in [0, 0.1) is 18.3 Å². The topological polar surface area (TPSA) is 96.6 Å². The van der Waals surface area contributed by atoms with Crippen molar-refractivity contribution in [1.29, 1.82) is 5.41 Å². The number of fused-ring (bicyclic) bond motifs is 2. The summed E-state index contributed by atoms with van der Waals surface area (Å²) in [6.45, 7) is 5.59. The molecule has 8 heteroatoms. The van der Waals surface area contributed by atoms with Gasteiger partial charge in [0.25, 0.3) is 11.5 Å². The van der Waals surface area contributed by atoms with E-state index < -0.39 is 0 Å². The van der Waals surface area contributed by atoms with Crippen molar-refractivity contribution < 1.29 is 9.21 Å². The van der Waals surface area contributed by atoms with E-state index in [9.17, 15) is 9.59 Å². The van der Waals surface area contributed by atoms with E-state index >= 15 is 0 Å². The Hall–Kier alpha value is -3.68. The molecule has 1 aliphatic heterocycles. The molecule has 0 spiro atoms. The van der Waals surface area contributed by atoms with Crippen LogP contribution in [0.25, 0.3) is 16.7 Å². The number of furan rings is 1. The molecule has 1 fully saturated rings. The van der Waals surface area contributed by atoms with Gasteiger partial charge in [-0.05, 0) is 55.5 Å². The molecule has 5 rings (SSSR count). The highest BCUT2D eigenvalue weighted by Crippen LogP contribution is 2.19. The number of aryl methyl sites for hydroxylation is 1. The number of amides is 1. The first-order valence-electron chi connectivity index (χ1n) is 10.9. The molecular weight excluding hydrogens is 406 g/mol. The number of likely N-dealkylation sites (tertiary alicyclic amines) is 1. The number of carbonyl (C=O) groups is 1. The van der Waals surface area contributed by atoms with E-state index in [2.05, 4.69) is 6.92 Å². The second-order valence-corrected chi connectivity index (χ2v) is 8.59. The van der Waals surface area contributed by atoms with Gasteiger partial charge in [-0.3, -0.25) is 19.4 Å². The second kappa shape index (κ2) is 7.78. The summed E-state index contributed by atoms with van der Waals surface area (Å²) in [6, 6.07) is 8.81. The molecule has 0 unspecified atom stereocenters. The van der Waals surface area contributed by atoms with Gasteiger partial charge in [0.05, 0.1) is 23.8 Å². The summed E-state index contributed by atoms with van der Waals surface area (Å²) in [5, 5.41) is 9.19. The summed E-state index contributed by atoms with van der Waals surface area (Å²) in [5.74, 6) is 0.983. The Balaban J connectivity index is 1.76. The summed E-state index contributed by atoms with van der Waals surface area (Å²) in [4.78, 5) is 33.3. The van der Waals surface area contributed by atoms with E-state index in [1.54, 1.807) is 46.2 Å². The quantitative estimate of drug-likeness (QED) is 0.505. The fraction of sp³-hybridized carbons (Fsp3) is 0.333. The normalized spacial score (nSPS) is 15.0. The monoisotopic (exact) mass is 431 g/mol. The Bertz CT molecular complexity index is 1440. The summed E-state index contributed by atoms with van der Waals surface area (Å²) in [7, 11) is 0. The van der Waals surface area contributed by atoms with Gasteiger partial charge < -0.3 is 13.9 Å². The van der Waals surface area contributed by atoms with Gasteiger partial charge in [0, 0.05) is 19.3 Å². The number of hydrogen-bond donors (Lipinski definition) is 1. The molecule has 1 saturated heterocycles. The van der Waals surface area contributed by atoms with Crippen molar-refractivity contribution in [3.05, 3.63) is 75.5 Å². The fourth-order valence-corrected chi connectivity index (χ4v) is 4.35. The number of rotatable bonds is 3. The van der Waals surface area contributed by atoms with Gasteiger partial charge in [-0.2, -0.15) is 0 Å². The lowest BCUT2D eigenvalue weighted by Gasteiger charge is -2.30. The lowest BCUT2D eigenvalue weighted by atomic mass is 9.98. The maximum Gasteiger partial charge on any atom is 0.267 e. The van der Waals surface area contributed by atoms with Crippen molar-refractivity contribution >= 4 is 22.6 Å². The zero-order valence-electron chi connectivity index (χ0n) is 18.2. The number of pyridine rings is 2. The molecule has 164 valence electrons. The SMILES string of the molecule is Cc1cccn2c(=O)c3cc(C(=O)N4CCC(C)CC4)c(=N)n(Cc4ccco4)c3nc12. The largest absolute Gasteiger partial charge is 0.467 e. The van der Waals surface area contributed by atoms with E-state index in [-0.39, 0.29) is 29.1 Å². The van der Waals surface area contributed by atoms with Crippen LogP contribution in [0.3, 0.4) is 0 Å². The van der Waals surface area contributed by atoms with Crippen molar-refractivity contribution in [2.45, 2.75) is 33.2 Å². The van der Waals surface area contributed by atoms with E-state index in [0.717, 1.165) is 18.4 Å². The molecular formula is C24H25N5O3. The van der Waals surface area contributed by atoms with Crippen LogP contribution in [0.1, 0.15) is 41.4 Å². The molecule has 0 aromatic carbocycles. The van der Waals surface area contributed by atoms with Crippen molar-refractivity contribution in [2.24, 2.45) is 5.92 Å². The van der Waals surface area contributed by atoms with Crippen LogP contribution in [0.15, 0.2) is 52.0 Å². The molecule has 1 amide bonds. The molecule has 8 nitrogen and oxygen atoms in total. The van der Waals surface area contributed by atoms with Gasteiger partial charge in [-0.25, -0.2) is 4.98 Å². The first-order chi connectivity index (χ1) is 15.4. The van der Waals surface area contributed by atoms with Crippen molar-refractivity contribution in [3.8, 4) is 0 Å². The third-order valence-electron chi connectivity index (χ3n) is 6.33. The van der Waals surface area contributed by atoms with Crippen molar-refractivity contribution in [1.82, 2.24) is 18.9 Å². The van der Waals surface area contributed by atoms with Gasteiger partial charge >= 0.3 is 0 Å². The molecule has 1 aliphatic rings. The lowest BCUT2D eigenvalue weighted by molar-refractivity contribution is 0.0694. The van der Waals surface area contributed by atoms with Crippen molar-refractivity contribution in [3.63, 3.8) is 0 Å². The summed E-state index contributed by atoms with van der Waals surface area (Å²) < 4.78 is 8.60. The average molecular weight is 431 g/mol. The highest BCUT2D eigenvalue weighted by molar-refractivity contribution is 5.97. The molecule has 0 radical (unpaired) electrons. The zero-order chi connectivity index (χ0) is 22.4. The Labute approximate surface area is 184 Å². The maximum absolute atomic E-state index is 13.4. The number of carbonyl (C=O) groups excluding carboxylic acids is 1.